The molecule has 21 heavy (non-hydrogen) atoms. The van der Waals surface area contributed by atoms with Gasteiger partial charge in [0.2, 0.25) is 0 Å². The normalized spacial score (nSPS) is 19.2. The molecule has 0 bridgehead atoms. The fourth-order valence-corrected chi connectivity index (χ4v) is 2.36. The Labute approximate surface area is 126 Å². The monoisotopic (exact) mass is 293 g/mol. The molecule has 0 aromatic carbocycles. The average Bonchev–Trinajstić information content (AvgIpc) is 2.88. The quantitative estimate of drug-likeness (QED) is 0.418. The van der Waals surface area contributed by atoms with Crippen LogP contribution in [-0.4, -0.2) is 52.4 Å². The van der Waals surface area contributed by atoms with Gasteiger partial charge in [0.05, 0.1) is 6.54 Å². The van der Waals surface area contributed by atoms with Gasteiger partial charge in [-0.2, -0.15) is 5.10 Å². The van der Waals surface area contributed by atoms with Crippen LogP contribution in [0.25, 0.3) is 0 Å². The van der Waals surface area contributed by atoms with Crippen molar-refractivity contribution in [1.29, 1.82) is 0 Å². The lowest BCUT2D eigenvalue weighted by molar-refractivity contribution is 0.391. The van der Waals surface area contributed by atoms with Crippen LogP contribution in [0.15, 0.2) is 11.3 Å². The maximum atomic E-state index is 4.28. The second-order valence-electron chi connectivity index (χ2n) is 6.41. The molecule has 118 valence electrons. The molecule has 0 radical (unpaired) electrons. The number of nitrogens with zero attached hydrogens (tertiary/aromatic N) is 4. The van der Waals surface area contributed by atoms with E-state index in [9.17, 15) is 0 Å². The molecular formula is C14H27N7. The van der Waals surface area contributed by atoms with E-state index in [4.69, 9.17) is 0 Å². The molecule has 1 atom stereocenters. The van der Waals surface area contributed by atoms with Crippen LogP contribution in [0.2, 0.25) is 0 Å². The molecule has 1 aromatic rings. The highest BCUT2D eigenvalue weighted by Crippen LogP contribution is 2.11. The summed E-state index contributed by atoms with van der Waals surface area (Å²) in [6.07, 6.45) is 3.64. The van der Waals surface area contributed by atoms with Gasteiger partial charge in [0.1, 0.15) is 12.2 Å². The first-order valence-corrected chi connectivity index (χ1v) is 7.57. The number of nitrogens with one attached hydrogen (secondary N) is 3. The number of aliphatic imine (C=N–C) groups is 1. The Morgan fingerprint density at radius 3 is 2.95 bits per heavy atom. The summed E-state index contributed by atoms with van der Waals surface area (Å²) in [5.41, 5.74) is 0.144. The van der Waals surface area contributed by atoms with Crippen molar-refractivity contribution in [3.8, 4) is 0 Å². The summed E-state index contributed by atoms with van der Waals surface area (Å²) >= 11 is 0. The first kappa shape index (κ1) is 15.8. The zero-order valence-electron chi connectivity index (χ0n) is 13.5. The molecule has 0 aliphatic carbocycles. The van der Waals surface area contributed by atoms with Crippen LogP contribution < -0.4 is 16.0 Å². The van der Waals surface area contributed by atoms with Crippen molar-refractivity contribution in [2.45, 2.75) is 51.7 Å². The second-order valence-corrected chi connectivity index (χ2v) is 6.41. The zero-order valence-corrected chi connectivity index (χ0v) is 13.5. The number of hydrogen-bond acceptors (Lipinski definition) is 4. The van der Waals surface area contributed by atoms with Gasteiger partial charge in [-0.05, 0) is 27.2 Å². The maximum Gasteiger partial charge on any atom is 0.191 e. The van der Waals surface area contributed by atoms with Gasteiger partial charge in [-0.15, -0.1) is 0 Å². The van der Waals surface area contributed by atoms with Crippen molar-refractivity contribution in [3.05, 3.63) is 12.2 Å². The molecule has 3 N–H and O–H groups in total. The van der Waals surface area contributed by atoms with Crippen molar-refractivity contribution >= 4 is 5.96 Å². The summed E-state index contributed by atoms with van der Waals surface area (Å²) in [7, 11) is 1.80. The Hall–Kier alpha value is -1.63. The topological polar surface area (TPSA) is 79.2 Å². The van der Waals surface area contributed by atoms with E-state index in [1.165, 1.54) is 0 Å². The van der Waals surface area contributed by atoms with Gasteiger partial charge in [-0.3, -0.25) is 4.99 Å². The summed E-state index contributed by atoms with van der Waals surface area (Å²) in [6.45, 7) is 9.09. The lowest BCUT2D eigenvalue weighted by Crippen LogP contribution is -2.49. The van der Waals surface area contributed by atoms with Crippen molar-refractivity contribution in [2.24, 2.45) is 4.99 Å². The maximum absolute atomic E-state index is 4.28. The van der Waals surface area contributed by atoms with Crippen molar-refractivity contribution < 1.29 is 0 Å². The van der Waals surface area contributed by atoms with E-state index in [0.29, 0.717) is 6.04 Å². The SMILES string of the molecule is CN=C(NCCNC(C)(C)C)NC1CCc2ncnn2C1. The minimum atomic E-state index is 0.144. The summed E-state index contributed by atoms with van der Waals surface area (Å²) < 4.78 is 1.97. The summed E-state index contributed by atoms with van der Waals surface area (Å²) in [5.74, 6) is 1.92. The van der Waals surface area contributed by atoms with E-state index in [1.54, 1.807) is 13.4 Å². The van der Waals surface area contributed by atoms with Gasteiger partial charge >= 0.3 is 0 Å². The molecule has 7 nitrogen and oxygen atoms in total. The highest BCUT2D eigenvalue weighted by Gasteiger charge is 2.20. The third-order valence-corrected chi connectivity index (χ3v) is 3.44. The number of rotatable bonds is 4. The first-order chi connectivity index (χ1) is 9.98. The van der Waals surface area contributed by atoms with Crippen LogP contribution in [-0.2, 0) is 13.0 Å². The molecule has 1 unspecified atom stereocenters. The van der Waals surface area contributed by atoms with E-state index >= 15 is 0 Å². The Morgan fingerprint density at radius 1 is 1.43 bits per heavy atom. The van der Waals surface area contributed by atoms with Crippen LogP contribution in [0.3, 0.4) is 0 Å². The molecule has 1 aliphatic heterocycles. The lowest BCUT2D eigenvalue weighted by atomic mass is 10.1. The van der Waals surface area contributed by atoms with Crippen molar-refractivity contribution in [3.63, 3.8) is 0 Å². The van der Waals surface area contributed by atoms with Crippen LogP contribution in [0.5, 0.6) is 0 Å². The number of aryl methyl sites for hydroxylation is 1. The van der Waals surface area contributed by atoms with Gasteiger partial charge < -0.3 is 16.0 Å². The predicted octanol–water partition coefficient (Wildman–Crippen LogP) is 0.146. The molecule has 1 aromatic heterocycles. The largest absolute Gasteiger partial charge is 0.355 e. The van der Waals surface area contributed by atoms with Crippen molar-refractivity contribution in [2.75, 3.05) is 20.1 Å². The molecule has 2 heterocycles. The molecule has 0 amide bonds. The van der Waals surface area contributed by atoms with E-state index in [-0.39, 0.29) is 5.54 Å². The standard InChI is InChI=1S/C14H27N7/c1-14(2,3)18-8-7-16-13(15-4)20-11-5-6-12-17-10-19-21(12)9-11/h10-11,18H,5-9H2,1-4H3,(H2,15,16,20). The van der Waals surface area contributed by atoms with Crippen molar-refractivity contribution in [1.82, 2.24) is 30.7 Å². The first-order valence-electron chi connectivity index (χ1n) is 7.57. The van der Waals surface area contributed by atoms with E-state index in [0.717, 1.165) is 44.3 Å². The van der Waals surface area contributed by atoms with Gasteiger partial charge in [-0.25, -0.2) is 9.67 Å². The van der Waals surface area contributed by atoms with Gasteiger partial charge in [-0.1, -0.05) is 0 Å². The Morgan fingerprint density at radius 2 is 2.24 bits per heavy atom. The fraction of sp³-hybridized carbons (Fsp3) is 0.786. The Balaban J connectivity index is 1.73. The van der Waals surface area contributed by atoms with Crippen LogP contribution in [0.1, 0.15) is 33.0 Å². The summed E-state index contributed by atoms with van der Waals surface area (Å²) in [4.78, 5) is 8.53. The fourth-order valence-electron chi connectivity index (χ4n) is 2.36. The van der Waals surface area contributed by atoms with Crippen LogP contribution in [0.4, 0.5) is 0 Å². The number of fused-ring (bicyclic) bond motifs is 1. The van der Waals surface area contributed by atoms with Gasteiger partial charge in [0, 0.05) is 38.1 Å². The lowest BCUT2D eigenvalue weighted by Gasteiger charge is -2.26. The second kappa shape index (κ2) is 6.89. The molecule has 7 heteroatoms. The Kier molecular flexibility index (Phi) is 5.17. The number of hydrogen-bond donors (Lipinski definition) is 3. The van der Waals surface area contributed by atoms with Crippen LogP contribution >= 0.6 is 0 Å². The van der Waals surface area contributed by atoms with E-state index in [2.05, 4.69) is 51.8 Å². The molecule has 0 saturated carbocycles. The molecule has 0 saturated heterocycles. The molecule has 0 fully saturated rings. The van der Waals surface area contributed by atoms with Gasteiger partial charge in [0.25, 0.3) is 0 Å². The van der Waals surface area contributed by atoms with Gasteiger partial charge in [0.15, 0.2) is 5.96 Å². The Bertz CT molecular complexity index is 472. The van der Waals surface area contributed by atoms with E-state index < -0.39 is 0 Å². The number of aromatic nitrogens is 3. The summed E-state index contributed by atoms with van der Waals surface area (Å²) in [6, 6.07) is 0.348. The molecule has 2 rings (SSSR count). The highest BCUT2D eigenvalue weighted by atomic mass is 15.4. The average molecular weight is 293 g/mol. The molecule has 1 aliphatic rings. The predicted molar refractivity (Wildman–Crippen MR) is 84.4 cm³/mol. The minimum absolute atomic E-state index is 0.144. The third kappa shape index (κ3) is 5.00. The minimum Gasteiger partial charge on any atom is -0.355 e. The molecule has 0 spiro atoms. The van der Waals surface area contributed by atoms with E-state index in [1.807, 2.05) is 4.68 Å². The third-order valence-electron chi connectivity index (χ3n) is 3.44. The molecular weight excluding hydrogens is 266 g/mol. The number of guanidine groups is 1. The zero-order chi connectivity index (χ0) is 15.3. The smallest absolute Gasteiger partial charge is 0.191 e. The highest BCUT2D eigenvalue weighted by molar-refractivity contribution is 5.79. The van der Waals surface area contributed by atoms with Crippen LogP contribution in [0, 0.1) is 0 Å². The summed E-state index contributed by atoms with van der Waals surface area (Å²) in [5, 5.41) is 14.5.